The number of hydrogen-bond acceptors (Lipinski definition) is 2. The van der Waals surface area contributed by atoms with Crippen LogP contribution in [0.15, 0.2) is 24.3 Å². The summed E-state index contributed by atoms with van der Waals surface area (Å²) in [6, 6.07) is 7.17. The van der Waals surface area contributed by atoms with Crippen LogP contribution < -0.4 is 0 Å². The first-order chi connectivity index (χ1) is 6.59. The molecule has 0 fully saturated rings. The topological polar surface area (TPSA) is 40.5 Å². The monoisotopic (exact) mass is 194 g/mol. The number of phenolic OH excluding ortho intramolecular Hbond substituents is 1. The molecule has 78 valence electrons. The van der Waals surface area contributed by atoms with Crippen LogP contribution in [0.5, 0.6) is 5.75 Å². The third-order valence-corrected chi connectivity index (χ3v) is 2.80. The lowest BCUT2D eigenvalue weighted by molar-refractivity contribution is 0.137. The van der Waals surface area contributed by atoms with Crippen LogP contribution in [0.2, 0.25) is 0 Å². The summed E-state index contributed by atoms with van der Waals surface area (Å²) >= 11 is 0. The summed E-state index contributed by atoms with van der Waals surface area (Å²) in [4.78, 5) is 0. The van der Waals surface area contributed by atoms with Crippen molar-refractivity contribution >= 4 is 0 Å². The predicted octanol–water partition coefficient (Wildman–Crippen LogP) is 2.34. The highest BCUT2D eigenvalue weighted by Gasteiger charge is 2.21. The van der Waals surface area contributed by atoms with E-state index >= 15 is 0 Å². The van der Waals surface area contributed by atoms with E-state index in [1.165, 1.54) is 0 Å². The lowest BCUT2D eigenvalue weighted by atomic mass is 9.82. The van der Waals surface area contributed by atoms with Gasteiger partial charge in [-0.15, -0.1) is 0 Å². The summed E-state index contributed by atoms with van der Waals surface area (Å²) in [5.41, 5.74) is 1.11. The van der Waals surface area contributed by atoms with Gasteiger partial charge in [-0.1, -0.05) is 26.0 Å². The Bertz CT molecular complexity index is 273. The van der Waals surface area contributed by atoms with E-state index in [0.29, 0.717) is 0 Å². The average Bonchev–Trinajstić information content (AvgIpc) is 2.21. The van der Waals surface area contributed by atoms with E-state index in [0.717, 1.165) is 18.4 Å². The number of hydrogen-bond donors (Lipinski definition) is 2. The normalized spacial score (nSPS) is 15.1. The molecule has 1 atom stereocenters. The van der Waals surface area contributed by atoms with E-state index in [4.69, 9.17) is 5.11 Å². The van der Waals surface area contributed by atoms with Gasteiger partial charge in [-0.05, 0) is 36.0 Å². The van der Waals surface area contributed by atoms with Crippen molar-refractivity contribution in [1.29, 1.82) is 0 Å². The zero-order valence-electron chi connectivity index (χ0n) is 8.83. The van der Waals surface area contributed by atoms with Gasteiger partial charge in [0.1, 0.15) is 5.75 Å². The van der Waals surface area contributed by atoms with Crippen molar-refractivity contribution in [3.8, 4) is 5.75 Å². The summed E-state index contributed by atoms with van der Waals surface area (Å²) < 4.78 is 0. The van der Waals surface area contributed by atoms with Gasteiger partial charge >= 0.3 is 0 Å². The van der Waals surface area contributed by atoms with Crippen LogP contribution in [0.25, 0.3) is 0 Å². The molecular formula is C12H18O2. The van der Waals surface area contributed by atoms with Crippen molar-refractivity contribution in [3.63, 3.8) is 0 Å². The molecule has 0 aromatic heterocycles. The van der Waals surface area contributed by atoms with Crippen LogP contribution in [-0.2, 0) is 6.42 Å². The van der Waals surface area contributed by atoms with Gasteiger partial charge in [0.2, 0.25) is 0 Å². The van der Waals surface area contributed by atoms with E-state index in [-0.39, 0.29) is 17.8 Å². The van der Waals surface area contributed by atoms with Crippen LogP contribution in [-0.4, -0.2) is 16.8 Å². The van der Waals surface area contributed by atoms with E-state index in [1.54, 1.807) is 12.1 Å². The highest BCUT2D eigenvalue weighted by molar-refractivity contribution is 5.26. The van der Waals surface area contributed by atoms with E-state index in [2.05, 4.69) is 13.8 Å². The predicted molar refractivity (Wildman–Crippen MR) is 57.3 cm³/mol. The van der Waals surface area contributed by atoms with Gasteiger partial charge in [-0.2, -0.15) is 0 Å². The van der Waals surface area contributed by atoms with Gasteiger partial charge in [-0.25, -0.2) is 0 Å². The van der Waals surface area contributed by atoms with E-state index in [1.807, 2.05) is 12.1 Å². The van der Waals surface area contributed by atoms with Crippen LogP contribution in [0.3, 0.4) is 0 Å². The average molecular weight is 194 g/mol. The first-order valence-electron chi connectivity index (χ1n) is 4.98. The maximum atomic E-state index is 9.25. The second kappa shape index (κ2) is 4.47. The summed E-state index contributed by atoms with van der Waals surface area (Å²) in [5.74, 6) is 0.288. The summed E-state index contributed by atoms with van der Waals surface area (Å²) in [6.45, 7) is 4.35. The van der Waals surface area contributed by atoms with Crippen molar-refractivity contribution in [1.82, 2.24) is 0 Å². The van der Waals surface area contributed by atoms with Gasteiger partial charge in [0, 0.05) is 6.61 Å². The van der Waals surface area contributed by atoms with Crippen LogP contribution in [0.1, 0.15) is 25.8 Å². The molecule has 0 aliphatic heterocycles. The maximum Gasteiger partial charge on any atom is 0.115 e. The Labute approximate surface area is 85.2 Å². The van der Waals surface area contributed by atoms with Gasteiger partial charge in [0.15, 0.2) is 0 Å². The zero-order valence-corrected chi connectivity index (χ0v) is 8.83. The molecule has 2 N–H and O–H groups in total. The summed E-state index contributed by atoms with van der Waals surface area (Å²) in [7, 11) is 0. The molecule has 0 aliphatic rings. The molecular weight excluding hydrogens is 176 g/mol. The van der Waals surface area contributed by atoms with Gasteiger partial charge in [0.05, 0.1) is 0 Å². The molecule has 2 nitrogen and oxygen atoms in total. The van der Waals surface area contributed by atoms with Crippen molar-refractivity contribution in [2.75, 3.05) is 6.61 Å². The minimum Gasteiger partial charge on any atom is -0.508 e. The Balaban J connectivity index is 2.72. The van der Waals surface area contributed by atoms with E-state index < -0.39 is 0 Å². The molecule has 0 saturated carbocycles. The number of aliphatic hydroxyl groups is 1. The summed E-state index contributed by atoms with van der Waals surface area (Å²) in [6.07, 6.45) is 1.80. The van der Waals surface area contributed by atoms with Crippen LogP contribution in [0, 0.1) is 5.41 Å². The SMILES string of the molecule is CCC(C)(CO)Cc1ccc(O)cc1. The minimum atomic E-state index is -0.0447. The van der Waals surface area contributed by atoms with Crippen LogP contribution in [0.4, 0.5) is 0 Å². The largest absolute Gasteiger partial charge is 0.508 e. The molecule has 0 saturated heterocycles. The molecule has 1 aromatic rings. The Kier molecular flexibility index (Phi) is 3.53. The lowest BCUT2D eigenvalue weighted by Crippen LogP contribution is -2.23. The quantitative estimate of drug-likeness (QED) is 0.772. The Morgan fingerprint density at radius 1 is 1.21 bits per heavy atom. The van der Waals surface area contributed by atoms with Crippen molar-refractivity contribution in [2.45, 2.75) is 26.7 Å². The molecule has 1 aromatic carbocycles. The number of aromatic hydroxyl groups is 1. The Hall–Kier alpha value is -1.02. The standard InChI is InChI=1S/C12H18O2/c1-3-12(2,9-13)8-10-4-6-11(14)7-5-10/h4-7,13-14H,3,8-9H2,1-2H3. The van der Waals surface area contributed by atoms with Crippen molar-refractivity contribution in [2.24, 2.45) is 5.41 Å². The molecule has 1 unspecified atom stereocenters. The molecule has 0 heterocycles. The smallest absolute Gasteiger partial charge is 0.115 e. The maximum absolute atomic E-state index is 9.25. The first-order valence-corrected chi connectivity index (χ1v) is 4.98. The zero-order chi connectivity index (χ0) is 10.6. The minimum absolute atomic E-state index is 0.0447. The molecule has 0 amide bonds. The Morgan fingerprint density at radius 3 is 2.21 bits per heavy atom. The number of aliphatic hydroxyl groups excluding tert-OH is 1. The third kappa shape index (κ3) is 2.74. The number of phenols is 1. The fourth-order valence-electron chi connectivity index (χ4n) is 1.40. The van der Waals surface area contributed by atoms with E-state index in [9.17, 15) is 5.11 Å². The second-order valence-corrected chi connectivity index (χ2v) is 4.17. The molecule has 0 bridgehead atoms. The lowest BCUT2D eigenvalue weighted by Gasteiger charge is -2.25. The molecule has 1 rings (SSSR count). The fourth-order valence-corrected chi connectivity index (χ4v) is 1.40. The molecule has 0 spiro atoms. The highest BCUT2D eigenvalue weighted by Crippen LogP contribution is 2.26. The number of rotatable bonds is 4. The third-order valence-electron chi connectivity index (χ3n) is 2.80. The Morgan fingerprint density at radius 2 is 1.79 bits per heavy atom. The summed E-state index contributed by atoms with van der Waals surface area (Å²) in [5, 5.41) is 18.4. The molecule has 14 heavy (non-hydrogen) atoms. The highest BCUT2D eigenvalue weighted by atomic mass is 16.3. The fraction of sp³-hybridized carbons (Fsp3) is 0.500. The molecule has 0 radical (unpaired) electrons. The van der Waals surface area contributed by atoms with Gasteiger partial charge in [-0.3, -0.25) is 0 Å². The van der Waals surface area contributed by atoms with Crippen LogP contribution >= 0.6 is 0 Å². The first kappa shape index (κ1) is 11.1. The van der Waals surface area contributed by atoms with Crippen molar-refractivity contribution < 1.29 is 10.2 Å². The number of benzene rings is 1. The van der Waals surface area contributed by atoms with Gasteiger partial charge in [0.25, 0.3) is 0 Å². The molecule has 2 heteroatoms. The molecule has 0 aliphatic carbocycles. The van der Waals surface area contributed by atoms with Crippen molar-refractivity contribution in [3.05, 3.63) is 29.8 Å². The second-order valence-electron chi connectivity index (χ2n) is 4.17. The van der Waals surface area contributed by atoms with Gasteiger partial charge < -0.3 is 10.2 Å².